The van der Waals surface area contributed by atoms with Crippen LogP contribution in [0.2, 0.25) is 0 Å². The van der Waals surface area contributed by atoms with Crippen molar-refractivity contribution in [3.8, 4) is 11.5 Å². The number of hydrogen-bond acceptors (Lipinski definition) is 4. The molecule has 168 valence electrons. The van der Waals surface area contributed by atoms with E-state index in [0.717, 1.165) is 5.56 Å². The maximum atomic E-state index is 12.9. The lowest BCUT2D eigenvalue weighted by Gasteiger charge is -2.22. The maximum Gasteiger partial charge on any atom is 0.330 e. The van der Waals surface area contributed by atoms with Crippen molar-refractivity contribution in [2.45, 2.75) is 32.4 Å². The molecular formula is C21H22F4N2O4. The lowest BCUT2D eigenvalue weighted by Crippen LogP contribution is -2.34. The third-order valence-electron chi connectivity index (χ3n) is 4.54. The van der Waals surface area contributed by atoms with Gasteiger partial charge >= 0.3 is 18.4 Å². The van der Waals surface area contributed by atoms with E-state index in [0.29, 0.717) is 35.8 Å². The van der Waals surface area contributed by atoms with Gasteiger partial charge in [-0.3, -0.25) is 0 Å². The van der Waals surface area contributed by atoms with Crippen molar-refractivity contribution in [1.82, 2.24) is 4.90 Å². The molecule has 2 aromatic carbocycles. The largest absolute Gasteiger partial charge is 0.454 e. The van der Waals surface area contributed by atoms with E-state index < -0.39 is 19.0 Å². The Bertz CT molecular complexity index is 911. The van der Waals surface area contributed by atoms with E-state index in [1.165, 1.54) is 6.07 Å². The molecule has 3 rings (SSSR count). The van der Waals surface area contributed by atoms with E-state index in [9.17, 15) is 22.4 Å². The number of nitrogens with one attached hydrogen (secondary N) is 1. The lowest BCUT2D eigenvalue weighted by atomic mass is 10.2. The van der Waals surface area contributed by atoms with Gasteiger partial charge in [-0.1, -0.05) is 18.2 Å². The van der Waals surface area contributed by atoms with Crippen LogP contribution in [0.1, 0.15) is 18.1 Å². The number of nitrogens with zero attached hydrogens (tertiary/aromatic N) is 1. The second-order valence-electron chi connectivity index (χ2n) is 6.89. The third kappa shape index (κ3) is 6.00. The van der Waals surface area contributed by atoms with Crippen molar-refractivity contribution in [3.05, 3.63) is 53.6 Å². The Morgan fingerprint density at radius 3 is 2.68 bits per heavy atom. The van der Waals surface area contributed by atoms with Crippen LogP contribution in [0.3, 0.4) is 0 Å². The fraction of sp³-hybridized carbons (Fsp3) is 0.381. The Balaban J connectivity index is 1.56. The van der Waals surface area contributed by atoms with Crippen LogP contribution < -0.4 is 14.8 Å². The fourth-order valence-corrected chi connectivity index (χ4v) is 2.90. The molecule has 0 bridgehead atoms. The number of carbonyl (C=O) groups is 1. The Morgan fingerprint density at radius 1 is 1.16 bits per heavy atom. The molecule has 2 amide bonds. The van der Waals surface area contributed by atoms with Crippen LogP contribution in [0.15, 0.2) is 42.5 Å². The summed E-state index contributed by atoms with van der Waals surface area (Å²) in [5.41, 5.74) is 1.75. The van der Waals surface area contributed by atoms with Gasteiger partial charge in [-0.05, 0) is 42.3 Å². The summed E-state index contributed by atoms with van der Waals surface area (Å²) in [7, 11) is 0. The van der Waals surface area contributed by atoms with Gasteiger partial charge in [-0.2, -0.15) is 8.78 Å². The summed E-state index contributed by atoms with van der Waals surface area (Å²) in [5, 5.41) is 2.74. The molecule has 0 aromatic heterocycles. The molecular weight excluding hydrogens is 420 g/mol. The lowest BCUT2D eigenvalue weighted by molar-refractivity contribution is -0.168. The summed E-state index contributed by atoms with van der Waals surface area (Å²) in [6.45, 7) is 1.09. The van der Waals surface area contributed by atoms with Crippen LogP contribution in [-0.2, 0) is 17.9 Å². The molecule has 0 saturated carbocycles. The Labute approximate surface area is 176 Å². The smallest absolute Gasteiger partial charge is 0.330 e. The van der Waals surface area contributed by atoms with E-state index in [2.05, 4.69) is 5.32 Å². The summed E-state index contributed by atoms with van der Waals surface area (Å²) in [6.07, 6.45) is -3.79. The monoisotopic (exact) mass is 442 g/mol. The zero-order valence-corrected chi connectivity index (χ0v) is 16.7. The first-order chi connectivity index (χ1) is 14.8. The number of halogens is 4. The quantitative estimate of drug-likeness (QED) is 0.562. The van der Waals surface area contributed by atoms with Crippen LogP contribution in [-0.4, -0.2) is 43.2 Å². The average Bonchev–Trinajstić information content (AvgIpc) is 3.20. The summed E-state index contributed by atoms with van der Waals surface area (Å²) >= 11 is 0. The minimum absolute atomic E-state index is 0.163. The summed E-state index contributed by atoms with van der Waals surface area (Å²) in [4.78, 5) is 14.2. The number of urea groups is 1. The highest BCUT2D eigenvalue weighted by molar-refractivity contribution is 5.89. The van der Waals surface area contributed by atoms with Crippen molar-refractivity contribution in [2.75, 3.05) is 25.3 Å². The van der Waals surface area contributed by atoms with Gasteiger partial charge in [0, 0.05) is 18.8 Å². The van der Waals surface area contributed by atoms with Gasteiger partial charge in [-0.15, -0.1) is 0 Å². The zero-order chi connectivity index (χ0) is 22.4. The van der Waals surface area contributed by atoms with E-state index >= 15 is 0 Å². The van der Waals surface area contributed by atoms with Crippen LogP contribution in [0, 0.1) is 0 Å². The van der Waals surface area contributed by atoms with Gasteiger partial charge in [-0.25, -0.2) is 13.6 Å². The number of amides is 2. The van der Waals surface area contributed by atoms with Gasteiger partial charge in [0.15, 0.2) is 11.5 Å². The molecule has 0 aliphatic carbocycles. The maximum absolute atomic E-state index is 12.9. The Kier molecular flexibility index (Phi) is 7.21. The van der Waals surface area contributed by atoms with Gasteiger partial charge in [0.25, 0.3) is 0 Å². The molecule has 10 heteroatoms. The second-order valence-corrected chi connectivity index (χ2v) is 6.89. The first-order valence-electron chi connectivity index (χ1n) is 9.55. The number of benzene rings is 2. The zero-order valence-electron chi connectivity index (χ0n) is 16.7. The first-order valence-corrected chi connectivity index (χ1v) is 9.55. The number of ether oxygens (including phenoxy) is 3. The predicted molar refractivity (Wildman–Crippen MR) is 105 cm³/mol. The second kappa shape index (κ2) is 9.86. The highest BCUT2D eigenvalue weighted by Gasteiger charge is 2.40. The van der Waals surface area contributed by atoms with Crippen molar-refractivity contribution in [2.24, 2.45) is 0 Å². The number of carbonyl (C=O) groups excluding carboxylic acids is 1. The topological polar surface area (TPSA) is 60.0 Å². The van der Waals surface area contributed by atoms with Gasteiger partial charge in [0.05, 0.1) is 6.61 Å². The standard InChI is InChI=1S/C21H22F4N2O4/c1-2-27(10-14-6-7-17-18(9-14)31-13-30-17)20(28)26-16-5-3-4-15(8-16)11-29-12-21(24,25)19(22)23/h3-9,19H,2,10-13H2,1H3,(H,26,28). The minimum Gasteiger partial charge on any atom is -0.454 e. The van der Waals surface area contributed by atoms with Crippen LogP contribution in [0.25, 0.3) is 0 Å². The summed E-state index contributed by atoms with van der Waals surface area (Å²) in [5.74, 6) is -2.93. The molecule has 0 unspecified atom stereocenters. The molecule has 1 N–H and O–H groups in total. The Morgan fingerprint density at radius 2 is 1.94 bits per heavy atom. The molecule has 0 saturated heterocycles. The normalized spacial score (nSPS) is 12.8. The van der Waals surface area contributed by atoms with Crippen LogP contribution in [0.5, 0.6) is 11.5 Å². The number of anilines is 1. The summed E-state index contributed by atoms with van der Waals surface area (Å²) in [6, 6.07) is 11.4. The van der Waals surface area contributed by atoms with Crippen LogP contribution >= 0.6 is 0 Å². The molecule has 0 radical (unpaired) electrons. The highest BCUT2D eigenvalue weighted by Crippen LogP contribution is 2.32. The molecule has 1 heterocycles. The number of hydrogen-bond donors (Lipinski definition) is 1. The third-order valence-corrected chi connectivity index (χ3v) is 4.54. The van der Waals surface area contributed by atoms with Crippen molar-refractivity contribution in [3.63, 3.8) is 0 Å². The SMILES string of the molecule is CCN(Cc1ccc2c(c1)OCO2)C(=O)Nc1cccc(COCC(F)(F)C(F)F)c1. The van der Waals surface area contributed by atoms with Crippen LogP contribution in [0.4, 0.5) is 28.0 Å². The highest BCUT2D eigenvalue weighted by atomic mass is 19.3. The molecule has 1 aliphatic heterocycles. The van der Waals surface area contributed by atoms with Crippen molar-refractivity contribution >= 4 is 11.7 Å². The molecule has 2 aromatic rings. The van der Waals surface area contributed by atoms with Gasteiger partial charge < -0.3 is 24.4 Å². The van der Waals surface area contributed by atoms with E-state index in [1.807, 2.05) is 19.1 Å². The Hall–Kier alpha value is -3.01. The molecule has 31 heavy (non-hydrogen) atoms. The fourth-order valence-electron chi connectivity index (χ4n) is 2.90. The van der Waals surface area contributed by atoms with E-state index in [-0.39, 0.29) is 19.4 Å². The molecule has 0 spiro atoms. The van der Waals surface area contributed by atoms with Crippen molar-refractivity contribution in [1.29, 1.82) is 0 Å². The predicted octanol–water partition coefficient (Wildman–Crippen LogP) is 4.89. The minimum atomic E-state index is -4.21. The molecule has 0 atom stereocenters. The van der Waals surface area contributed by atoms with Gasteiger partial charge in [0.2, 0.25) is 6.79 Å². The average molecular weight is 442 g/mol. The number of rotatable bonds is 9. The molecule has 1 aliphatic rings. The summed E-state index contributed by atoms with van der Waals surface area (Å²) < 4.78 is 65.6. The molecule has 6 nitrogen and oxygen atoms in total. The van der Waals surface area contributed by atoms with Crippen molar-refractivity contribution < 1.29 is 36.6 Å². The number of alkyl halides is 4. The van der Waals surface area contributed by atoms with Gasteiger partial charge in [0.1, 0.15) is 6.61 Å². The van der Waals surface area contributed by atoms with E-state index in [4.69, 9.17) is 14.2 Å². The number of fused-ring (bicyclic) bond motifs is 1. The first kappa shape index (κ1) is 22.7. The van der Waals surface area contributed by atoms with E-state index in [1.54, 1.807) is 29.2 Å². The molecule has 0 fully saturated rings.